The molecule has 0 amide bonds. The fraction of sp³-hybridized carbons (Fsp3) is 0.231. The topological polar surface area (TPSA) is 70.9 Å². The van der Waals surface area contributed by atoms with Gasteiger partial charge in [0.1, 0.15) is 0 Å². The van der Waals surface area contributed by atoms with Gasteiger partial charge in [-0.3, -0.25) is 4.68 Å². The van der Waals surface area contributed by atoms with Crippen molar-refractivity contribution >= 4 is 17.2 Å². The molecule has 0 fully saturated rings. The van der Waals surface area contributed by atoms with Crippen LogP contribution in [-0.4, -0.2) is 16.8 Å². The molecule has 2 N–H and O–H groups in total. The van der Waals surface area contributed by atoms with Crippen molar-refractivity contribution in [3.8, 4) is 6.07 Å². The molecule has 0 atom stereocenters. The Hall–Kier alpha value is -2.48. The Balaban J connectivity index is 2.48. The van der Waals surface area contributed by atoms with Gasteiger partial charge in [0.05, 0.1) is 23.0 Å². The van der Waals surface area contributed by atoms with Crippen LogP contribution < -0.4 is 10.6 Å². The van der Waals surface area contributed by atoms with Crippen LogP contribution in [0.1, 0.15) is 11.3 Å². The number of hydrogen-bond donors (Lipinski definition) is 1. The van der Waals surface area contributed by atoms with Gasteiger partial charge in [-0.05, 0) is 25.1 Å². The molecule has 2 rings (SSSR count). The molecule has 0 unspecified atom stereocenters. The van der Waals surface area contributed by atoms with Crippen molar-refractivity contribution in [2.45, 2.75) is 6.92 Å². The van der Waals surface area contributed by atoms with E-state index >= 15 is 0 Å². The third kappa shape index (κ3) is 1.89. The molecule has 0 radical (unpaired) electrons. The largest absolute Gasteiger partial charge is 0.394 e. The van der Waals surface area contributed by atoms with E-state index in [-0.39, 0.29) is 0 Å². The van der Waals surface area contributed by atoms with Crippen molar-refractivity contribution in [1.82, 2.24) is 9.78 Å². The molecule has 0 aliphatic carbocycles. The Morgan fingerprint density at radius 3 is 2.72 bits per heavy atom. The van der Waals surface area contributed by atoms with E-state index in [0.717, 1.165) is 17.2 Å². The van der Waals surface area contributed by atoms with Gasteiger partial charge >= 0.3 is 0 Å². The average molecular weight is 241 g/mol. The van der Waals surface area contributed by atoms with E-state index in [4.69, 9.17) is 11.0 Å². The number of hydrogen-bond acceptors (Lipinski definition) is 4. The summed E-state index contributed by atoms with van der Waals surface area (Å²) in [4.78, 5) is 1.93. The first-order valence-corrected chi connectivity index (χ1v) is 5.57. The van der Waals surface area contributed by atoms with Crippen LogP contribution in [0.25, 0.3) is 0 Å². The summed E-state index contributed by atoms with van der Waals surface area (Å²) in [6.45, 7) is 1.87. The van der Waals surface area contributed by atoms with Gasteiger partial charge in [-0.2, -0.15) is 10.4 Å². The zero-order valence-electron chi connectivity index (χ0n) is 10.7. The molecule has 92 valence electrons. The Morgan fingerprint density at radius 2 is 2.17 bits per heavy atom. The first kappa shape index (κ1) is 12.0. The van der Waals surface area contributed by atoms with Crippen molar-refractivity contribution in [2.75, 3.05) is 17.7 Å². The highest BCUT2D eigenvalue weighted by Gasteiger charge is 2.15. The second kappa shape index (κ2) is 4.41. The van der Waals surface area contributed by atoms with Crippen LogP contribution in [-0.2, 0) is 7.05 Å². The third-order valence-electron chi connectivity index (χ3n) is 2.92. The van der Waals surface area contributed by atoms with E-state index in [1.807, 2.05) is 44.1 Å². The molecule has 5 nitrogen and oxygen atoms in total. The van der Waals surface area contributed by atoms with Crippen molar-refractivity contribution in [3.63, 3.8) is 0 Å². The summed E-state index contributed by atoms with van der Waals surface area (Å²) in [6, 6.07) is 9.51. The van der Waals surface area contributed by atoms with Gasteiger partial charge in [0.15, 0.2) is 5.82 Å². The second-order valence-electron chi connectivity index (χ2n) is 4.17. The molecule has 0 spiro atoms. The number of rotatable bonds is 2. The molecule has 2 aromatic rings. The molecular formula is C13H15N5. The zero-order valence-corrected chi connectivity index (χ0v) is 10.7. The maximum absolute atomic E-state index is 8.92. The maximum Gasteiger partial charge on any atom is 0.154 e. The lowest BCUT2D eigenvalue weighted by Gasteiger charge is -2.20. The molecule has 1 aromatic carbocycles. The second-order valence-corrected chi connectivity index (χ2v) is 4.17. The number of nitrogens with zero attached hydrogens (tertiary/aromatic N) is 4. The number of nitriles is 1. The number of nitrogens with two attached hydrogens (primary N) is 1. The SMILES string of the molecule is Cc1nn(C)c(N(C)c2cccc(C#N)c2)c1N. The summed E-state index contributed by atoms with van der Waals surface area (Å²) in [6.07, 6.45) is 0. The lowest BCUT2D eigenvalue weighted by atomic mass is 10.2. The molecule has 0 aliphatic heterocycles. The van der Waals surface area contributed by atoms with Gasteiger partial charge in [-0.25, -0.2) is 0 Å². The Labute approximate surface area is 106 Å². The van der Waals surface area contributed by atoms with E-state index in [2.05, 4.69) is 11.2 Å². The summed E-state index contributed by atoms with van der Waals surface area (Å²) in [5.41, 5.74) is 9.01. The predicted molar refractivity (Wildman–Crippen MR) is 71.6 cm³/mol. The minimum absolute atomic E-state index is 0.622. The quantitative estimate of drug-likeness (QED) is 0.872. The smallest absolute Gasteiger partial charge is 0.154 e. The van der Waals surface area contributed by atoms with Crippen molar-refractivity contribution in [2.24, 2.45) is 7.05 Å². The van der Waals surface area contributed by atoms with Crippen LogP contribution in [0.2, 0.25) is 0 Å². The standard InChI is InChI=1S/C13H15N5/c1-9-12(15)13(18(3)16-9)17(2)11-6-4-5-10(7-11)8-14/h4-7H,15H2,1-3H3. The van der Waals surface area contributed by atoms with Crippen LogP contribution in [0.5, 0.6) is 0 Å². The van der Waals surface area contributed by atoms with Crippen LogP contribution in [0.4, 0.5) is 17.2 Å². The highest BCUT2D eigenvalue weighted by Crippen LogP contribution is 2.30. The lowest BCUT2D eigenvalue weighted by molar-refractivity contribution is 0.751. The van der Waals surface area contributed by atoms with Crippen LogP contribution >= 0.6 is 0 Å². The van der Waals surface area contributed by atoms with Gasteiger partial charge in [0.2, 0.25) is 0 Å². The Kier molecular flexibility index (Phi) is 2.94. The molecule has 1 heterocycles. The number of benzene rings is 1. The van der Waals surface area contributed by atoms with Gasteiger partial charge in [-0.1, -0.05) is 6.07 Å². The third-order valence-corrected chi connectivity index (χ3v) is 2.92. The molecular weight excluding hydrogens is 226 g/mol. The Bertz CT molecular complexity index is 621. The highest BCUT2D eigenvalue weighted by atomic mass is 15.4. The van der Waals surface area contributed by atoms with Gasteiger partial charge in [0.25, 0.3) is 0 Å². The van der Waals surface area contributed by atoms with Crippen molar-refractivity contribution < 1.29 is 0 Å². The van der Waals surface area contributed by atoms with Gasteiger partial charge < -0.3 is 10.6 Å². The van der Waals surface area contributed by atoms with E-state index < -0.39 is 0 Å². The zero-order chi connectivity index (χ0) is 13.3. The first-order chi connectivity index (χ1) is 8.54. The molecule has 0 aliphatic rings. The molecule has 0 saturated heterocycles. The highest BCUT2D eigenvalue weighted by molar-refractivity contribution is 5.73. The number of nitrogen functional groups attached to an aromatic ring is 1. The van der Waals surface area contributed by atoms with Gasteiger partial charge in [0, 0.05) is 19.8 Å². The Morgan fingerprint density at radius 1 is 1.44 bits per heavy atom. The molecule has 1 aromatic heterocycles. The van der Waals surface area contributed by atoms with Gasteiger partial charge in [-0.15, -0.1) is 0 Å². The summed E-state index contributed by atoms with van der Waals surface area (Å²) in [5.74, 6) is 0.822. The van der Waals surface area contributed by atoms with E-state index in [9.17, 15) is 0 Å². The summed E-state index contributed by atoms with van der Waals surface area (Å²) >= 11 is 0. The van der Waals surface area contributed by atoms with E-state index in [1.165, 1.54) is 0 Å². The fourth-order valence-electron chi connectivity index (χ4n) is 1.97. The maximum atomic E-state index is 8.92. The van der Waals surface area contributed by atoms with E-state index in [0.29, 0.717) is 11.3 Å². The van der Waals surface area contributed by atoms with Crippen molar-refractivity contribution in [1.29, 1.82) is 5.26 Å². The molecule has 18 heavy (non-hydrogen) atoms. The minimum Gasteiger partial charge on any atom is -0.394 e. The number of aromatic nitrogens is 2. The summed E-state index contributed by atoms with van der Waals surface area (Å²) in [7, 11) is 3.76. The fourth-order valence-corrected chi connectivity index (χ4v) is 1.97. The van der Waals surface area contributed by atoms with Crippen LogP contribution in [0.15, 0.2) is 24.3 Å². The average Bonchev–Trinajstić information content (AvgIpc) is 2.62. The summed E-state index contributed by atoms with van der Waals surface area (Å²) in [5, 5.41) is 13.2. The van der Waals surface area contributed by atoms with E-state index in [1.54, 1.807) is 10.7 Å². The number of aryl methyl sites for hydroxylation is 2. The number of anilines is 3. The monoisotopic (exact) mass is 241 g/mol. The molecule has 0 bridgehead atoms. The normalized spacial score (nSPS) is 10.1. The first-order valence-electron chi connectivity index (χ1n) is 5.57. The summed E-state index contributed by atoms with van der Waals surface area (Å²) < 4.78 is 1.74. The molecule has 0 saturated carbocycles. The predicted octanol–water partition coefficient (Wildman–Crippen LogP) is 1.95. The van der Waals surface area contributed by atoms with Crippen molar-refractivity contribution in [3.05, 3.63) is 35.5 Å². The minimum atomic E-state index is 0.622. The van der Waals surface area contributed by atoms with Crippen LogP contribution in [0, 0.1) is 18.3 Å². The molecule has 5 heteroatoms. The van der Waals surface area contributed by atoms with Crippen LogP contribution in [0.3, 0.4) is 0 Å². The lowest BCUT2D eigenvalue weighted by Crippen LogP contribution is -2.15.